The molecule has 0 unspecified atom stereocenters. The highest BCUT2D eigenvalue weighted by Gasteiger charge is 2.21. The summed E-state index contributed by atoms with van der Waals surface area (Å²) in [5.41, 5.74) is 5.78. The van der Waals surface area contributed by atoms with E-state index >= 15 is 0 Å². The van der Waals surface area contributed by atoms with E-state index in [1.54, 1.807) is 43.2 Å². The van der Waals surface area contributed by atoms with Gasteiger partial charge < -0.3 is 15.0 Å². The summed E-state index contributed by atoms with van der Waals surface area (Å²) in [6.07, 6.45) is 1.72. The molecule has 4 aromatic rings. The standard InChI is InChI=1S/C28H28N4O3/c1-18-11-12-20(15-19(18)2)26-23(17-32(30-26)22-9-7-6-8-10-22)27(33)29-24-16-21(28(34)31(3)4)13-14-25(24)35-5/h6-17H,1-5H3,(H,29,33). The van der Waals surface area contributed by atoms with Crippen molar-refractivity contribution in [3.8, 4) is 22.7 Å². The Morgan fingerprint density at radius 3 is 2.34 bits per heavy atom. The topological polar surface area (TPSA) is 76.5 Å². The van der Waals surface area contributed by atoms with Gasteiger partial charge in [-0.2, -0.15) is 5.10 Å². The van der Waals surface area contributed by atoms with Crippen LogP contribution in [-0.4, -0.2) is 47.7 Å². The number of hydrogen-bond donors (Lipinski definition) is 1. The second-order valence-electron chi connectivity index (χ2n) is 8.54. The SMILES string of the molecule is COc1ccc(C(=O)N(C)C)cc1NC(=O)c1cn(-c2ccccc2)nc1-c1ccc(C)c(C)c1. The van der Waals surface area contributed by atoms with Crippen molar-refractivity contribution in [3.63, 3.8) is 0 Å². The van der Waals surface area contributed by atoms with Crippen molar-refractivity contribution in [2.24, 2.45) is 0 Å². The first-order chi connectivity index (χ1) is 16.8. The number of aryl methyl sites for hydroxylation is 2. The predicted octanol–water partition coefficient (Wildman–Crippen LogP) is 5.12. The molecule has 2 amide bonds. The summed E-state index contributed by atoms with van der Waals surface area (Å²) in [4.78, 5) is 27.5. The quantitative estimate of drug-likeness (QED) is 0.426. The normalized spacial score (nSPS) is 10.7. The van der Waals surface area contributed by atoms with E-state index in [9.17, 15) is 9.59 Å². The zero-order valence-electron chi connectivity index (χ0n) is 20.5. The maximum absolute atomic E-state index is 13.6. The molecule has 0 aliphatic carbocycles. The molecular weight excluding hydrogens is 440 g/mol. The number of anilines is 1. The number of aromatic nitrogens is 2. The number of methoxy groups -OCH3 is 1. The molecule has 0 atom stereocenters. The Labute approximate surface area is 205 Å². The Kier molecular flexibility index (Phi) is 6.68. The third-order valence-corrected chi connectivity index (χ3v) is 5.86. The van der Waals surface area contributed by atoms with Gasteiger partial charge in [0.25, 0.3) is 11.8 Å². The van der Waals surface area contributed by atoms with Crippen molar-refractivity contribution in [1.29, 1.82) is 0 Å². The van der Waals surface area contributed by atoms with Gasteiger partial charge in [-0.3, -0.25) is 9.59 Å². The van der Waals surface area contributed by atoms with Crippen LogP contribution in [0.15, 0.2) is 72.9 Å². The molecule has 0 fully saturated rings. The van der Waals surface area contributed by atoms with Crippen LogP contribution in [0.25, 0.3) is 16.9 Å². The number of nitrogens with one attached hydrogen (secondary N) is 1. The van der Waals surface area contributed by atoms with E-state index in [4.69, 9.17) is 9.84 Å². The van der Waals surface area contributed by atoms with Crippen molar-refractivity contribution in [2.75, 3.05) is 26.5 Å². The second-order valence-corrected chi connectivity index (χ2v) is 8.54. The molecular formula is C28H28N4O3. The molecule has 3 aromatic carbocycles. The number of ether oxygens (including phenoxy) is 1. The van der Waals surface area contributed by atoms with Gasteiger partial charge in [0.2, 0.25) is 0 Å². The molecule has 7 heteroatoms. The smallest absolute Gasteiger partial charge is 0.259 e. The number of rotatable bonds is 6. The summed E-state index contributed by atoms with van der Waals surface area (Å²) in [5, 5.41) is 7.68. The van der Waals surface area contributed by atoms with Crippen molar-refractivity contribution in [2.45, 2.75) is 13.8 Å². The molecule has 1 heterocycles. The lowest BCUT2D eigenvalue weighted by atomic mass is 10.0. The maximum Gasteiger partial charge on any atom is 0.259 e. The van der Waals surface area contributed by atoms with Gasteiger partial charge in [0, 0.05) is 31.4 Å². The fraction of sp³-hybridized carbons (Fsp3) is 0.179. The first-order valence-corrected chi connectivity index (χ1v) is 11.2. The average molecular weight is 469 g/mol. The van der Waals surface area contributed by atoms with Crippen LogP contribution in [0, 0.1) is 13.8 Å². The molecule has 0 saturated carbocycles. The van der Waals surface area contributed by atoms with Crippen LogP contribution in [0.5, 0.6) is 5.75 Å². The van der Waals surface area contributed by atoms with Gasteiger partial charge in [-0.05, 0) is 61.4 Å². The summed E-state index contributed by atoms with van der Waals surface area (Å²) < 4.78 is 7.13. The number of amides is 2. The minimum absolute atomic E-state index is 0.170. The van der Waals surface area contributed by atoms with Crippen molar-refractivity contribution < 1.29 is 14.3 Å². The lowest BCUT2D eigenvalue weighted by Crippen LogP contribution is -2.22. The molecule has 1 aromatic heterocycles. The molecule has 4 rings (SSSR count). The van der Waals surface area contributed by atoms with E-state index < -0.39 is 0 Å². The molecule has 0 radical (unpaired) electrons. The molecule has 35 heavy (non-hydrogen) atoms. The second kappa shape index (κ2) is 9.85. The lowest BCUT2D eigenvalue weighted by Gasteiger charge is -2.14. The number of carbonyl (C=O) groups excluding carboxylic acids is 2. The van der Waals surface area contributed by atoms with E-state index in [-0.39, 0.29) is 11.8 Å². The van der Waals surface area contributed by atoms with Crippen molar-refractivity contribution >= 4 is 17.5 Å². The van der Waals surface area contributed by atoms with E-state index in [2.05, 4.69) is 5.32 Å². The Balaban J connectivity index is 1.78. The summed E-state index contributed by atoms with van der Waals surface area (Å²) >= 11 is 0. The first-order valence-electron chi connectivity index (χ1n) is 11.2. The summed E-state index contributed by atoms with van der Waals surface area (Å²) in [5.74, 6) is -0.0686. The number of carbonyl (C=O) groups is 2. The van der Waals surface area contributed by atoms with Crippen LogP contribution in [0.2, 0.25) is 0 Å². The zero-order valence-corrected chi connectivity index (χ0v) is 20.5. The highest BCUT2D eigenvalue weighted by Crippen LogP contribution is 2.30. The summed E-state index contributed by atoms with van der Waals surface area (Å²) in [6.45, 7) is 4.08. The minimum atomic E-state index is -0.354. The molecule has 0 saturated heterocycles. The van der Waals surface area contributed by atoms with Crippen LogP contribution in [-0.2, 0) is 0 Å². The van der Waals surface area contributed by atoms with Crippen LogP contribution in [0.1, 0.15) is 31.8 Å². The van der Waals surface area contributed by atoms with Crippen molar-refractivity contribution in [1.82, 2.24) is 14.7 Å². The van der Waals surface area contributed by atoms with Gasteiger partial charge in [-0.15, -0.1) is 0 Å². The van der Waals surface area contributed by atoms with Crippen LogP contribution < -0.4 is 10.1 Å². The van der Waals surface area contributed by atoms with Gasteiger partial charge in [0.15, 0.2) is 0 Å². The molecule has 178 valence electrons. The Morgan fingerprint density at radius 1 is 0.943 bits per heavy atom. The Morgan fingerprint density at radius 2 is 1.69 bits per heavy atom. The fourth-order valence-corrected chi connectivity index (χ4v) is 3.74. The predicted molar refractivity (Wildman–Crippen MR) is 137 cm³/mol. The van der Waals surface area contributed by atoms with E-state index in [1.165, 1.54) is 12.0 Å². The van der Waals surface area contributed by atoms with Crippen molar-refractivity contribution in [3.05, 3.63) is 95.2 Å². The Bertz CT molecular complexity index is 1390. The highest BCUT2D eigenvalue weighted by atomic mass is 16.5. The lowest BCUT2D eigenvalue weighted by molar-refractivity contribution is 0.0827. The summed E-state index contributed by atoms with van der Waals surface area (Å²) in [7, 11) is 4.88. The summed E-state index contributed by atoms with van der Waals surface area (Å²) in [6, 6.07) is 20.6. The first kappa shape index (κ1) is 23.8. The van der Waals surface area contributed by atoms with Crippen LogP contribution in [0.4, 0.5) is 5.69 Å². The average Bonchev–Trinajstić information content (AvgIpc) is 3.31. The third-order valence-electron chi connectivity index (χ3n) is 5.86. The van der Waals surface area contributed by atoms with Gasteiger partial charge in [-0.1, -0.05) is 30.3 Å². The number of para-hydroxylation sites is 1. The van der Waals surface area contributed by atoms with E-state index in [0.29, 0.717) is 28.3 Å². The Hall–Kier alpha value is -4.39. The van der Waals surface area contributed by atoms with E-state index in [0.717, 1.165) is 22.4 Å². The number of nitrogens with zero attached hydrogens (tertiary/aromatic N) is 3. The molecule has 7 nitrogen and oxygen atoms in total. The zero-order chi connectivity index (χ0) is 25.1. The monoisotopic (exact) mass is 468 g/mol. The van der Waals surface area contributed by atoms with Crippen LogP contribution in [0.3, 0.4) is 0 Å². The molecule has 0 aliphatic heterocycles. The minimum Gasteiger partial charge on any atom is -0.495 e. The third kappa shape index (κ3) is 4.94. The number of hydrogen-bond acceptors (Lipinski definition) is 4. The molecule has 0 aliphatic rings. The molecule has 1 N–H and O–H groups in total. The largest absolute Gasteiger partial charge is 0.495 e. The van der Waals surface area contributed by atoms with Gasteiger partial charge in [0.1, 0.15) is 11.4 Å². The van der Waals surface area contributed by atoms with Gasteiger partial charge in [-0.25, -0.2) is 4.68 Å². The van der Waals surface area contributed by atoms with Gasteiger partial charge >= 0.3 is 0 Å². The molecule has 0 spiro atoms. The maximum atomic E-state index is 13.6. The van der Waals surface area contributed by atoms with E-state index in [1.807, 2.05) is 62.4 Å². The molecule has 0 bridgehead atoms. The fourth-order valence-electron chi connectivity index (χ4n) is 3.74. The highest BCUT2D eigenvalue weighted by molar-refractivity contribution is 6.09. The van der Waals surface area contributed by atoms with Gasteiger partial charge in [0.05, 0.1) is 24.0 Å². The number of benzene rings is 3. The van der Waals surface area contributed by atoms with Crippen LogP contribution >= 0.6 is 0 Å².